The van der Waals surface area contributed by atoms with Crippen LogP contribution in [0, 0.1) is 5.82 Å². The summed E-state index contributed by atoms with van der Waals surface area (Å²) in [4.78, 5) is 4.34. The first-order chi connectivity index (χ1) is 13.6. The zero-order valence-electron chi connectivity index (χ0n) is 15.8. The molecule has 0 radical (unpaired) electrons. The lowest BCUT2D eigenvalue weighted by Gasteiger charge is -2.29. The van der Waals surface area contributed by atoms with Crippen molar-refractivity contribution < 1.29 is 9.50 Å². The van der Waals surface area contributed by atoms with Gasteiger partial charge in [-0.15, -0.1) is 11.3 Å². The van der Waals surface area contributed by atoms with Crippen LogP contribution in [0.25, 0.3) is 12.2 Å². The van der Waals surface area contributed by atoms with Gasteiger partial charge in [-0.25, -0.2) is 4.39 Å². The van der Waals surface area contributed by atoms with Gasteiger partial charge in [0.15, 0.2) is 0 Å². The molecule has 2 aromatic carbocycles. The quantitative estimate of drug-likeness (QED) is 0.612. The van der Waals surface area contributed by atoms with E-state index in [1.54, 1.807) is 23.5 Å². The molecule has 4 rings (SSSR count). The van der Waals surface area contributed by atoms with E-state index in [4.69, 9.17) is 0 Å². The summed E-state index contributed by atoms with van der Waals surface area (Å²) in [5, 5.41) is 11.2. The van der Waals surface area contributed by atoms with Crippen molar-refractivity contribution in [2.24, 2.45) is 0 Å². The van der Waals surface area contributed by atoms with Gasteiger partial charge in [0.2, 0.25) is 0 Å². The summed E-state index contributed by atoms with van der Waals surface area (Å²) in [6.07, 6.45) is 4.53. The number of aliphatic hydroxyl groups excluding tert-OH is 1. The first-order valence-electron chi connectivity index (χ1n) is 9.58. The lowest BCUT2D eigenvalue weighted by Crippen LogP contribution is -2.34. The summed E-state index contributed by atoms with van der Waals surface area (Å²) in [5.41, 5.74) is 2.25. The lowest BCUT2D eigenvalue weighted by molar-refractivity contribution is 0.0807. The molecule has 0 amide bonds. The van der Waals surface area contributed by atoms with E-state index in [0.29, 0.717) is 5.92 Å². The molecule has 1 N–H and O–H groups in total. The van der Waals surface area contributed by atoms with Gasteiger partial charge in [0.25, 0.3) is 0 Å². The maximum atomic E-state index is 13.0. The van der Waals surface area contributed by atoms with Gasteiger partial charge in [-0.05, 0) is 61.5 Å². The number of halogens is 1. The maximum Gasteiger partial charge on any atom is 0.123 e. The Hall–Kier alpha value is -2.27. The molecule has 2 nitrogen and oxygen atoms in total. The van der Waals surface area contributed by atoms with Gasteiger partial charge in [-0.1, -0.05) is 48.5 Å². The molecule has 0 bridgehead atoms. The normalized spacial score (nSPS) is 21.4. The first kappa shape index (κ1) is 19.1. The Balaban J connectivity index is 1.51. The summed E-state index contributed by atoms with van der Waals surface area (Å²) >= 11 is 1.61. The molecule has 1 saturated heterocycles. The standard InChI is InChI=1S/C24H24FNOS/c1-26-16-15-21(18-5-3-2-4-6-18)23(26)24(27)22-14-13-20(28-22)12-9-17-7-10-19(25)11-8-17/h2-14,21,23-24,27H,15-16H2,1H3/b12-9+/t21-,23-,24?/m1/s1. The number of likely N-dealkylation sites (N-methyl/N-ethyl adjacent to an activating group) is 1. The topological polar surface area (TPSA) is 23.5 Å². The second-order valence-corrected chi connectivity index (χ2v) is 8.49. The van der Waals surface area contributed by atoms with Crippen LogP contribution in [0.2, 0.25) is 0 Å². The highest BCUT2D eigenvalue weighted by molar-refractivity contribution is 7.13. The fraction of sp³-hybridized carbons (Fsp3) is 0.250. The van der Waals surface area contributed by atoms with Gasteiger partial charge >= 0.3 is 0 Å². The van der Waals surface area contributed by atoms with Crippen LogP contribution in [0.3, 0.4) is 0 Å². The number of rotatable bonds is 5. The largest absolute Gasteiger partial charge is 0.386 e. The Morgan fingerprint density at radius 2 is 1.79 bits per heavy atom. The zero-order valence-corrected chi connectivity index (χ0v) is 16.6. The molecule has 1 aliphatic rings. The minimum atomic E-state index is -0.518. The molecule has 1 aromatic heterocycles. The van der Waals surface area contributed by atoms with E-state index in [9.17, 15) is 9.50 Å². The van der Waals surface area contributed by atoms with E-state index in [0.717, 1.165) is 28.3 Å². The molecule has 28 heavy (non-hydrogen) atoms. The van der Waals surface area contributed by atoms with Gasteiger partial charge in [0, 0.05) is 21.7 Å². The van der Waals surface area contributed by atoms with E-state index >= 15 is 0 Å². The molecule has 3 atom stereocenters. The maximum absolute atomic E-state index is 13.0. The number of nitrogens with zero attached hydrogens (tertiary/aromatic N) is 1. The van der Waals surface area contributed by atoms with Crippen molar-refractivity contribution in [3.63, 3.8) is 0 Å². The number of hydrogen-bond acceptors (Lipinski definition) is 3. The van der Waals surface area contributed by atoms with E-state index in [2.05, 4.69) is 36.2 Å². The zero-order chi connectivity index (χ0) is 19.5. The summed E-state index contributed by atoms with van der Waals surface area (Å²) in [7, 11) is 2.10. The minimum absolute atomic E-state index is 0.0787. The summed E-state index contributed by atoms with van der Waals surface area (Å²) in [6, 6.07) is 21.1. The average molecular weight is 394 g/mol. The molecule has 144 valence electrons. The van der Waals surface area contributed by atoms with E-state index in [1.165, 1.54) is 17.7 Å². The second kappa shape index (κ2) is 8.39. The number of hydrogen-bond donors (Lipinski definition) is 1. The van der Waals surface area contributed by atoms with Crippen LogP contribution in [0.5, 0.6) is 0 Å². The molecule has 1 unspecified atom stereocenters. The minimum Gasteiger partial charge on any atom is -0.386 e. The highest BCUT2D eigenvalue weighted by atomic mass is 32.1. The third-order valence-corrected chi connectivity index (χ3v) is 6.64. The highest BCUT2D eigenvalue weighted by Crippen LogP contribution is 2.41. The molecular formula is C24H24FNOS. The van der Waals surface area contributed by atoms with Crippen LogP contribution in [-0.4, -0.2) is 29.6 Å². The summed E-state index contributed by atoms with van der Waals surface area (Å²) in [5.74, 6) is 0.105. The van der Waals surface area contributed by atoms with Crippen molar-refractivity contribution in [2.75, 3.05) is 13.6 Å². The van der Waals surface area contributed by atoms with Crippen LogP contribution < -0.4 is 0 Å². The predicted octanol–water partition coefficient (Wildman–Crippen LogP) is 5.58. The Morgan fingerprint density at radius 3 is 2.54 bits per heavy atom. The number of likely N-dealkylation sites (tertiary alicyclic amines) is 1. The van der Waals surface area contributed by atoms with Crippen LogP contribution in [0.15, 0.2) is 66.7 Å². The van der Waals surface area contributed by atoms with Crippen LogP contribution in [0.4, 0.5) is 4.39 Å². The molecule has 3 aromatic rings. The molecular weight excluding hydrogens is 369 g/mol. The molecule has 0 aliphatic carbocycles. The number of thiophene rings is 1. The Morgan fingerprint density at radius 1 is 1.04 bits per heavy atom. The van der Waals surface area contributed by atoms with Crippen LogP contribution >= 0.6 is 11.3 Å². The second-order valence-electron chi connectivity index (χ2n) is 7.35. The van der Waals surface area contributed by atoms with Gasteiger partial charge < -0.3 is 5.11 Å². The van der Waals surface area contributed by atoms with E-state index < -0.39 is 6.10 Å². The van der Waals surface area contributed by atoms with Crippen molar-refractivity contribution >= 4 is 23.5 Å². The number of aliphatic hydroxyl groups is 1. The third kappa shape index (κ3) is 4.09. The molecule has 1 aliphatic heterocycles. The van der Waals surface area contributed by atoms with E-state index in [1.807, 2.05) is 30.4 Å². The van der Waals surface area contributed by atoms with Gasteiger partial charge in [-0.2, -0.15) is 0 Å². The van der Waals surface area contributed by atoms with Crippen molar-refractivity contribution in [3.05, 3.63) is 93.4 Å². The summed E-state index contributed by atoms with van der Waals surface area (Å²) in [6.45, 7) is 0.990. The first-order valence-corrected chi connectivity index (χ1v) is 10.4. The molecule has 1 fully saturated rings. The van der Waals surface area contributed by atoms with E-state index in [-0.39, 0.29) is 11.9 Å². The van der Waals surface area contributed by atoms with Crippen molar-refractivity contribution in [2.45, 2.75) is 24.5 Å². The monoisotopic (exact) mass is 393 g/mol. The molecule has 0 saturated carbocycles. The molecule has 4 heteroatoms. The van der Waals surface area contributed by atoms with Crippen molar-refractivity contribution in [3.8, 4) is 0 Å². The van der Waals surface area contributed by atoms with Gasteiger partial charge in [-0.3, -0.25) is 4.90 Å². The smallest absolute Gasteiger partial charge is 0.123 e. The SMILES string of the molecule is CN1CC[C@H](c2ccccc2)[C@@H]1C(O)c1ccc(/C=C/c2ccc(F)cc2)s1. The van der Waals surface area contributed by atoms with Gasteiger partial charge in [0.05, 0.1) is 0 Å². The van der Waals surface area contributed by atoms with Gasteiger partial charge in [0.1, 0.15) is 11.9 Å². The number of benzene rings is 2. The highest BCUT2D eigenvalue weighted by Gasteiger charge is 2.38. The average Bonchev–Trinajstić information content (AvgIpc) is 3.34. The lowest BCUT2D eigenvalue weighted by atomic mass is 9.88. The Bertz CT molecular complexity index is 935. The Labute approximate surface area is 169 Å². The Kier molecular flexibility index (Phi) is 5.72. The molecule has 0 spiro atoms. The molecule has 2 heterocycles. The summed E-state index contributed by atoms with van der Waals surface area (Å²) < 4.78 is 13.0. The fourth-order valence-electron chi connectivity index (χ4n) is 4.03. The van der Waals surface area contributed by atoms with Crippen LogP contribution in [0.1, 0.15) is 39.3 Å². The van der Waals surface area contributed by atoms with Crippen LogP contribution in [-0.2, 0) is 0 Å². The van der Waals surface area contributed by atoms with Crippen molar-refractivity contribution in [1.29, 1.82) is 0 Å². The third-order valence-electron chi connectivity index (χ3n) is 5.51. The fourth-order valence-corrected chi connectivity index (χ4v) is 4.97. The predicted molar refractivity (Wildman–Crippen MR) is 115 cm³/mol. The van der Waals surface area contributed by atoms with Crippen molar-refractivity contribution in [1.82, 2.24) is 4.90 Å².